The van der Waals surface area contributed by atoms with Gasteiger partial charge in [-0.15, -0.1) is 0 Å². The summed E-state index contributed by atoms with van der Waals surface area (Å²) in [5, 5.41) is 8.13. The van der Waals surface area contributed by atoms with Gasteiger partial charge in [0.25, 0.3) is 5.56 Å². The molecule has 35 heavy (non-hydrogen) atoms. The van der Waals surface area contributed by atoms with Crippen molar-refractivity contribution in [2.24, 2.45) is 0 Å². The van der Waals surface area contributed by atoms with Gasteiger partial charge in [-0.2, -0.15) is 18.6 Å². The summed E-state index contributed by atoms with van der Waals surface area (Å²) >= 11 is 0. The monoisotopic (exact) mass is 492 g/mol. The van der Waals surface area contributed by atoms with E-state index in [-0.39, 0.29) is 25.1 Å². The van der Waals surface area contributed by atoms with E-state index >= 15 is 0 Å². The van der Waals surface area contributed by atoms with Crippen molar-refractivity contribution < 1.29 is 4.74 Å². The van der Waals surface area contributed by atoms with E-state index < -0.39 is 0 Å². The second-order valence-corrected chi connectivity index (χ2v) is 8.06. The van der Waals surface area contributed by atoms with Crippen LogP contribution in [0.3, 0.4) is 0 Å². The fraction of sp³-hybridized carbons (Fsp3) is 0.292. The minimum Gasteiger partial charge on any atom is -0.494 e. The predicted octanol–water partition coefficient (Wildman–Crippen LogP) is 3.93. The topological polar surface area (TPSA) is 126 Å². The first-order valence-corrected chi connectivity index (χ1v) is 11.3. The molecule has 0 saturated carbocycles. The third kappa shape index (κ3) is 4.34. The van der Waals surface area contributed by atoms with Crippen LogP contribution in [0.4, 0.5) is 5.69 Å². The molecular weight excluding hydrogens is 464 g/mol. The zero-order valence-corrected chi connectivity index (χ0v) is 21.0. The second-order valence-electron chi connectivity index (χ2n) is 8.06. The van der Waals surface area contributed by atoms with E-state index in [0.717, 1.165) is 17.5 Å². The standard InChI is InChI=1S/C24H26N8O2.H2S/c1-5-14-10-15-19(17(11-14)34-4)30-23(28-15)18-21(27-13(3)22-25-8-7-9-26-22)20-16(29-24(18)33)12-32(6-2)31-20;/h7-13,27H,5-6H2,1-4H3,(H,28,30)(H,29,33);1H2/t13-;/m0./s1. The molecule has 11 heteroatoms. The fourth-order valence-corrected chi connectivity index (χ4v) is 4.08. The Morgan fingerprint density at radius 3 is 2.57 bits per heavy atom. The van der Waals surface area contributed by atoms with Crippen LogP contribution in [0.25, 0.3) is 33.5 Å². The smallest absolute Gasteiger partial charge is 0.261 e. The van der Waals surface area contributed by atoms with Crippen LogP contribution in [0, 0.1) is 0 Å². The number of imidazole rings is 1. The van der Waals surface area contributed by atoms with Crippen molar-refractivity contribution in [3.8, 4) is 17.1 Å². The van der Waals surface area contributed by atoms with E-state index in [1.165, 1.54) is 0 Å². The number of hydrogen-bond acceptors (Lipinski definition) is 7. The lowest BCUT2D eigenvalue weighted by atomic mass is 10.1. The lowest BCUT2D eigenvalue weighted by Gasteiger charge is -2.16. The van der Waals surface area contributed by atoms with Gasteiger partial charge in [-0.3, -0.25) is 9.48 Å². The largest absolute Gasteiger partial charge is 0.494 e. The highest BCUT2D eigenvalue weighted by molar-refractivity contribution is 7.59. The number of pyridine rings is 1. The van der Waals surface area contributed by atoms with Crippen LogP contribution in [-0.2, 0) is 13.0 Å². The number of nitrogens with zero attached hydrogens (tertiary/aromatic N) is 5. The van der Waals surface area contributed by atoms with Gasteiger partial charge < -0.3 is 20.0 Å². The zero-order chi connectivity index (χ0) is 23.8. The van der Waals surface area contributed by atoms with Crippen molar-refractivity contribution in [2.75, 3.05) is 12.4 Å². The molecule has 1 aromatic carbocycles. The number of methoxy groups -OCH3 is 1. The van der Waals surface area contributed by atoms with Crippen molar-refractivity contribution >= 4 is 41.2 Å². The molecule has 1 atom stereocenters. The Bertz CT molecular complexity index is 1540. The number of nitrogens with one attached hydrogen (secondary N) is 3. The van der Waals surface area contributed by atoms with Gasteiger partial charge in [0.15, 0.2) is 0 Å². The van der Waals surface area contributed by atoms with Gasteiger partial charge in [-0.1, -0.05) is 6.92 Å². The first kappa shape index (κ1) is 24.3. The molecule has 5 rings (SSSR count). The van der Waals surface area contributed by atoms with Gasteiger partial charge in [0.2, 0.25) is 0 Å². The van der Waals surface area contributed by atoms with E-state index in [2.05, 4.69) is 32.2 Å². The quantitative estimate of drug-likeness (QED) is 0.314. The molecule has 10 nitrogen and oxygen atoms in total. The number of ether oxygens (including phenoxy) is 1. The molecule has 0 bridgehead atoms. The number of H-pyrrole nitrogens is 2. The van der Waals surface area contributed by atoms with Gasteiger partial charge in [0.05, 0.1) is 29.9 Å². The summed E-state index contributed by atoms with van der Waals surface area (Å²) in [6, 6.07) is 5.49. The Balaban J connectivity index is 0.00000289. The van der Waals surface area contributed by atoms with Crippen LogP contribution in [0.15, 0.2) is 41.6 Å². The van der Waals surface area contributed by atoms with Crippen LogP contribution in [0.1, 0.15) is 38.2 Å². The summed E-state index contributed by atoms with van der Waals surface area (Å²) < 4.78 is 7.36. The summed E-state index contributed by atoms with van der Waals surface area (Å²) in [5.41, 5.74) is 4.52. The van der Waals surface area contributed by atoms with E-state index in [1.807, 2.05) is 32.2 Å². The van der Waals surface area contributed by atoms with E-state index in [4.69, 9.17) is 14.8 Å². The maximum absolute atomic E-state index is 13.4. The van der Waals surface area contributed by atoms with Crippen LogP contribution < -0.4 is 15.6 Å². The summed E-state index contributed by atoms with van der Waals surface area (Å²) in [6.07, 6.45) is 6.06. The molecule has 182 valence electrons. The molecule has 3 N–H and O–H groups in total. The average Bonchev–Trinajstić information content (AvgIpc) is 3.47. The van der Waals surface area contributed by atoms with Crippen molar-refractivity contribution in [3.63, 3.8) is 0 Å². The Morgan fingerprint density at radius 2 is 1.89 bits per heavy atom. The molecule has 4 aromatic heterocycles. The van der Waals surface area contributed by atoms with Crippen LogP contribution in [-0.4, -0.2) is 41.8 Å². The molecule has 0 spiro atoms. The number of hydrogen-bond donors (Lipinski definition) is 3. The van der Waals surface area contributed by atoms with E-state index in [1.54, 1.807) is 30.3 Å². The minimum absolute atomic E-state index is 0. The molecule has 4 heterocycles. The number of aryl methyl sites for hydroxylation is 2. The first-order valence-electron chi connectivity index (χ1n) is 11.3. The Hall–Kier alpha value is -3.86. The highest BCUT2D eigenvalue weighted by atomic mass is 32.1. The summed E-state index contributed by atoms with van der Waals surface area (Å²) in [7, 11) is 1.62. The van der Waals surface area contributed by atoms with Gasteiger partial charge in [-0.25, -0.2) is 15.0 Å². The molecule has 5 aromatic rings. The molecule has 0 saturated heterocycles. The molecule has 0 amide bonds. The zero-order valence-electron chi connectivity index (χ0n) is 20.0. The van der Waals surface area contributed by atoms with E-state index in [0.29, 0.717) is 51.7 Å². The van der Waals surface area contributed by atoms with Crippen LogP contribution in [0.2, 0.25) is 0 Å². The average molecular weight is 493 g/mol. The molecule has 0 aliphatic rings. The van der Waals surface area contributed by atoms with Crippen LogP contribution >= 0.6 is 13.5 Å². The number of anilines is 1. The molecule has 0 fully saturated rings. The highest BCUT2D eigenvalue weighted by Crippen LogP contribution is 2.34. The van der Waals surface area contributed by atoms with E-state index in [9.17, 15) is 4.79 Å². The number of rotatable bonds is 7. The Morgan fingerprint density at radius 1 is 1.11 bits per heavy atom. The number of aromatic amines is 2. The normalized spacial score (nSPS) is 12.0. The Labute approximate surface area is 208 Å². The summed E-state index contributed by atoms with van der Waals surface area (Å²) in [5.74, 6) is 1.69. The van der Waals surface area contributed by atoms with Gasteiger partial charge >= 0.3 is 0 Å². The maximum atomic E-state index is 13.4. The lowest BCUT2D eigenvalue weighted by Crippen LogP contribution is -2.17. The lowest BCUT2D eigenvalue weighted by molar-refractivity contribution is 0.418. The number of fused-ring (bicyclic) bond motifs is 2. The minimum atomic E-state index is -0.277. The third-order valence-electron chi connectivity index (χ3n) is 5.86. The number of benzene rings is 1. The molecule has 0 aliphatic heterocycles. The molecule has 0 unspecified atom stereocenters. The maximum Gasteiger partial charge on any atom is 0.261 e. The molecule has 0 radical (unpaired) electrons. The first-order chi connectivity index (χ1) is 16.5. The predicted molar refractivity (Wildman–Crippen MR) is 141 cm³/mol. The van der Waals surface area contributed by atoms with Gasteiger partial charge in [0.1, 0.15) is 34.0 Å². The molecular formula is C24H28N8O2S. The van der Waals surface area contributed by atoms with Gasteiger partial charge in [-0.05, 0) is 44.0 Å². The highest BCUT2D eigenvalue weighted by Gasteiger charge is 2.23. The second kappa shape index (κ2) is 9.79. The summed E-state index contributed by atoms with van der Waals surface area (Å²) in [6.45, 7) is 6.69. The van der Waals surface area contributed by atoms with Crippen LogP contribution in [0.5, 0.6) is 5.75 Å². The fourth-order valence-electron chi connectivity index (χ4n) is 4.08. The molecule has 0 aliphatic carbocycles. The van der Waals surface area contributed by atoms with Crippen molar-refractivity contribution in [3.05, 3.63) is 58.5 Å². The van der Waals surface area contributed by atoms with Gasteiger partial charge in [0, 0.05) is 25.1 Å². The van der Waals surface area contributed by atoms with Crippen molar-refractivity contribution in [1.82, 2.24) is 34.7 Å². The summed E-state index contributed by atoms with van der Waals surface area (Å²) in [4.78, 5) is 33.1. The Kier molecular flexibility index (Phi) is 6.79. The SMILES string of the molecule is CCc1cc(OC)c2nc(-c3c(N[C@@H](C)c4ncccn4)c4nn(CC)cc4[nH]c3=O)[nH]c2c1.S. The number of aromatic nitrogens is 7. The van der Waals surface area contributed by atoms with Crippen molar-refractivity contribution in [2.45, 2.75) is 39.8 Å². The van der Waals surface area contributed by atoms with Crippen molar-refractivity contribution in [1.29, 1.82) is 0 Å². The third-order valence-corrected chi connectivity index (χ3v) is 5.86.